The van der Waals surface area contributed by atoms with Gasteiger partial charge in [0.05, 0.1) is 11.3 Å². The van der Waals surface area contributed by atoms with Gasteiger partial charge in [0.1, 0.15) is 11.6 Å². The molecule has 2 N–H and O–H groups in total. The first-order valence-corrected chi connectivity index (χ1v) is 7.60. The molecule has 5 nitrogen and oxygen atoms in total. The van der Waals surface area contributed by atoms with Crippen molar-refractivity contribution in [3.05, 3.63) is 29.8 Å². The van der Waals surface area contributed by atoms with E-state index in [1.165, 1.54) is 0 Å². The fraction of sp³-hybridized carbons (Fsp3) is 0.462. The van der Waals surface area contributed by atoms with Gasteiger partial charge in [-0.15, -0.1) is 0 Å². The number of nitrogens with one attached hydrogen (secondary N) is 1. The smallest absolute Gasteiger partial charge is 0.304 e. The average Bonchev–Trinajstić information content (AvgIpc) is 2.24. The molecule has 1 rings (SSSR count). The predicted octanol–water partition coefficient (Wildman–Crippen LogP) is 2.13. The van der Waals surface area contributed by atoms with Gasteiger partial charge in [0.25, 0.3) is 0 Å². The van der Waals surface area contributed by atoms with Crippen LogP contribution in [-0.2, 0) is 14.8 Å². The number of carboxylic acids is 1. The zero-order valence-corrected chi connectivity index (χ0v) is 12.7. The summed E-state index contributed by atoms with van der Waals surface area (Å²) in [5.41, 5.74) is -0.683. The molecular weight excluding hydrogens is 304 g/mol. The number of benzene rings is 1. The Morgan fingerprint density at radius 1 is 1.24 bits per heavy atom. The summed E-state index contributed by atoms with van der Waals surface area (Å²) in [6, 6.07) is 0.973. The standard InChI is InChI=1S/C13H17F2NO4S/c1-13(2,3)11(7-12(17)18)16-21(19,20)10-5-8(14)4-9(15)6-10/h4-6,11,16H,7H2,1-3H3,(H,17,18). The second-order valence-corrected chi connectivity index (χ2v) is 7.46. The first kappa shape index (κ1) is 17.5. The second-order valence-electron chi connectivity index (χ2n) is 5.74. The van der Waals surface area contributed by atoms with E-state index in [1.807, 2.05) is 0 Å². The quantitative estimate of drug-likeness (QED) is 0.870. The molecule has 21 heavy (non-hydrogen) atoms. The van der Waals surface area contributed by atoms with Crippen LogP contribution in [0.3, 0.4) is 0 Å². The molecule has 0 aliphatic rings. The highest BCUT2D eigenvalue weighted by Crippen LogP contribution is 2.24. The van der Waals surface area contributed by atoms with Crippen LogP contribution in [0.4, 0.5) is 8.78 Å². The molecular formula is C13H17F2NO4S. The highest BCUT2D eigenvalue weighted by molar-refractivity contribution is 7.89. The Hall–Kier alpha value is -1.54. The van der Waals surface area contributed by atoms with Gasteiger partial charge < -0.3 is 5.11 Å². The number of rotatable bonds is 5. The highest BCUT2D eigenvalue weighted by atomic mass is 32.2. The van der Waals surface area contributed by atoms with Crippen molar-refractivity contribution in [2.75, 3.05) is 0 Å². The summed E-state index contributed by atoms with van der Waals surface area (Å²) in [7, 11) is -4.23. The van der Waals surface area contributed by atoms with Gasteiger partial charge >= 0.3 is 5.97 Å². The van der Waals surface area contributed by atoms with Crippen LogP contribution in [0.2, 0.25) is 0 Å². The summed E-state index contributed by atoms with van der Waals surface area (Å²) < 4.78 is 52.7. The lowest BCUT2D eigenvalue weighted by atomic mass is 9.85. The van der Waals surface area contributed by atoms with Gasteiger partial charge in [0, 0.05) is 12.1 Å². The van der Waals surface area contributed by atoms with E-state index in [2.05, 4.69) is 4.72 Å². The van der Waals surface area contributed by atoms with E-state index in [-0.39, 0.29) is 0 Å². The Morgan fingerprint density at radius 2 is 1.71 bits per heavy atom. The van der Waals surface area contributed by atoms with E-state index < -0.39 is 50.4 Å². The van der Waals surface area contributed by atoms with E-state index >= 15 is 0 Å². The minimum Gasteiger partial charge on any atom is -0.481 e. The van der Waals surface area contributed by atoms with Crippen LogP contribution in [0.25, 0.3) is 0 Å². The van der Waals surface area contributed by atoms with Gasteiger partial charge in [-0.1, -0.05) is 20.8 Å². The molecule has 0 saturated carbocycles. The van der Waals surface area contributed by atoms with E-state index in [1.54, 1.807) is 20.8 Å². The summed E-state index contributed by atoms with van der Waals surface area (Å²) >= 11 is 0. The second kappa shape index (κ2) is 6.07. The van der Waals surface area contributed by atoms with E-state index in [0.29, 0.717) is 18.2 Å². The number of hydrogen-bond acceptors (Lipinski definition) is 3. The van der Waals surface area contributed by atoms with Crippen LogP contribution in [0.15, 0.2) is 23.1 Å². The molecule has 118 valence electrons. The molecule has 0 heterocycles. The van der Waals surface area contributed by atoms with Crippen molar-refractivity contribution in [3.8, 4) is 0 Å². The van der Waals surface area contributed by atoms with Crippen LogP contribution >= 0.6 is 0 Å². The molecule has 0 aliphatic heterocycles. The van der Waals surface area contributed by atoms with Crippen LogP contribution < -0.4 is 4.72 Å². The average molecular weight is 321 g/mol. The van der Waals surface area contributed by atoms with Crippen molar-refractivity contribution >= 4 is 16.0 Å². The molecule has 0 aromatic heterocycles. The van der Waals surface area contributed by atoms with E-state index in [0.717, 1.165) is 0 Å². The van der Waals surface area contributed by atoms with Gasteiger partial charge in [-0.05, 0) is 17.5 Å². The monoisotopic (exact) mass is 321 g/mol. The van der Waals surface area contributed by atoms with E-state index in [4.69, 9.17) is 5.11 Å². The van der Waals surface area contributed by atoms with Crippen LogP contribution in [0.1, 0.15) is 27.2 Å². The summed E-state index contributed by atoms with van der Waals surface area (Å²) in [5.74, 6) is -3.23. The maximum Gasteiger partial charge on any atom is 0.304 e. The van der Waals surface area contributed by atoms with Crippen molar-refractivity contribution in [1.29, 1.82) is 0 Å². The fourth-order valence-electron chi connectivity index (χ4n) is 1.64. The normalized spacial score (nSPS) is 14.0. The predicted molar refractivity (Wildman–Crippen MR) is 72.2 cm³/mol. The molecule has 0 amide bonds. The number of carboxylic acid groups (broad SMARTS) is 1. The van der Waals surface area contributed by atoms with Crippen molar-refractivity contribution in [2.45, 2.75) is 38.1 Å². The number of carbonyl (C=O) groups is 1. The third-order valence-corrected chi connectivity index (χ3v) is 4.32. The Balaban J connectivity index is 3.14. The van der Waals surface area contributed by atoms with Crippen molar-refractivity contribution in [2.24, 2.45) is 5.41 Å². The molecule has 1 aromatic carbocycles. The molecule has 0 aliphatic carbocycles. The largest absolute Gasteiger partial charge is 0.481 e. The molecule has 1 unspecified atom stereocenters. The van der Waals surface area contributed by atoms with Crippen LogP contribution in [0.5, 0.6) is 0 Å². The molecule has 0 spiro atoms. The Labute approximate surface area is 122 Å². The molecule has 0 radical (unpaired) electrons. The summed E-state index contributed by atoms with van der Waals surface area (Å²) in [4.78, 5) is 10.2. The maximum absolute atomic E-state index is 13.1. The van der Waals surface area contributed by atoms with Gasteiger partial charge in [-0.3, -0.25) is 4.79 Å². The fourth-order valence-corrected chi connectivity index (χ4v) is 3.12. The topological polar surface area (TPSA) is 83.5 Å². The summed E-state index contributed by atoms with van der Waals surface area (Å²) in [6.07, 6.45) is -0.444. The zero-order valence-electron chi connectivity index (χ0n) is 11.9. The van der Waals surface area contributed by atoms with Crippen LogP contribution in [0, 0.1) is 17.0 Å². The van der Waals surface area contributed by atoms with Crippen LogP contribution in [-0.4, -0.2) is 25.5 Å². The van der Waals surface area contributed by atoms with Crippen molar-refractivity contribution < 1.29 is 27.1 Å². The lowest BCUT2D eigenvalue weighted by Crippen LogP contribution is -2.45. The number of sulfonamides is 1. The first-order chi connectivity index (χ1) is 9.41. The van der Waals surface area contributed by atoms with Crippen molar-refractivity contribution in [3.63, 3.8) is 0 Å². The Morgan fingerprint density at radius 3 is 2.10 bits per heavy atom. The third-order valence-electron chi connectivity index (χ3n) is 2.87. The maximum atomic E-state index is 13.1. The lowest BCUT2D eigenvalue weighted by Gasteiger charge is -2.30. The molecule has 1 atom stereocenters. The molecule has 8 heteroatoms. The Kier molecular flexibility index (Phi) is 5.06. The molecule has 0 fully saturated rings. The lowest BCUT2D eigenvalue weighted by molar-refractivity contribution is -0.138. The molecule has 1 aromatic rings. The zero-order chi connectivity index (χ0) is 16.4. The van der Waals surface area contributed by atoms with Crippen molar-refractivity contribution in [1.82, 2.24) is 4.72 Å². The minimum atomic E-state index is -4.23. The third kappa shape index (κ3) is 5.05. The minimum absolute atomic E-state index is 0.444. The summed E-state index contributed by atoms with van der Waals surface area (Å²) in [6.45, 7) is 4.99. The SMILES string of the molecule is CC(C)(C)C(CC(=O)O)NS(=O)(=O)c1cc(F)cc(F)c1. The number of halogens is 2. The molecule has 0 saturated heterocycles. The van der Waals surface area contributed by atoms with Gasteiger partial charge in [0.2, 0.25) is 10.0 Å². The van der Waals surface area contributed by atoms with Gasteiger partial charge in [-0.2, -0.15) is 0 Å². The summed E-state index contributed by atoms with van der Waals surface area (Å²) in [5, 5.41) is 8.85. The van der Waals surface area contributed by atoms with Gasteiger partial charge in [-0.25, -0.2) is 21.9 Å². The van der Waals surface area contributed by atoms with E-state index in [9.17, 15) is 22.0 Å². The number of aliphatic carboxylic acids is 1. The van der Waals surface area contributed by atoms with Gasteiger partial charge in [0.15, 0.2) is 0 Å². The first-order valence-electron chi connectivity index (χ1n) is 6.12. The number of hydrogen-bond donors (Lipinski definition) is 2. The Bertz CT molecular complexity index is 618. The highest BCUT2D eigenvalue weighted by Gasteiger charge is 2.31. The molecule has 0 bridgehead atoms.